The summed E-state index contributed by atoms with van der Waals surface area (Å²) in [6, 6.07) is 0. The van der Waals surface area contributed by atoms with E-state index in [9.17, 15) is 0 Å². The number of rotatable bonds is 0. The Morgan fingerprint density at radius 1 is 1.50 bits per heavy atom. The molecule has 0 unspecified atom stereocenters. The van der Waals surface area contributed by atoms with Crippen molar-refractivity contribution in [3.05, 3.63) is 0 Å². The van der Waals surface area contributed by atoms with E-state index in [1.165, 1.54) is 0 Å². The molecule has 0 aliphatic carbocycles. The molecule has 0 aliphatic heterocycles. The summed E-state index contributed by atoms with van der Waals surface area (Å²) in [6.45, 7) is 4.33. The van der Waals surface area contributed by atoms with E-state index in [-0.39, 0.29) is 0 Å². The van der Waals surface area contributed by atoms with Gasteiger partial charge in [-0.2, -0.15) is 0 Å². The van der Waals surface area contributed by atoms with E-state index in [1.54, 1.807) is 0 Å². The van der Waals surface area contributed by atoms with Gasteiger partial charge < -0.3 is 0 Å². The number of hydrogen-bond acceptors (Lipinski definition) is 0. The molecule has 0 spiro atoms. The molecule has 0 amide bonds. The molecule has 0 heterocycles. The molecule has 1 heteroatoms. The van der Waals surface area contributed by atoms with Gasteiger partial charge in [-0.15, -0.1) is 0 Å². The van der Waals surface area contributed by atoms with Crippen LogP contribution in [-0.4, -0.2) is 0 Å². The zero-order chi connectivity index (χ0) is 3.58. The molecular formula is C3H7Ti. The molecule has 0 aliphatic rings. The standard InChI is InChI=1S/C3H7.Ti/c1-3-2;/h3H,1-2H3;/i;1-44. The maximum atomic E-state index is 2.17. The minimum absolute atomic E-state index is 0.833. The average Bonchev–Trinajstić information content (AvgIpc) is 0.811. The molecule has 0 saturated carbocycles. The Bertz CT molecular complexity index is 8.00. The average molecular weight is 47.1 g/mol. The van der Waals surface area contributed by atoms with E-state index in [4.69, 9.17) is 0 Å². The van der Waals surface area contributed by atoms with Crippen molar-refractivity contribution in [1.82, 2.24) is 0 Å². The molecule has 0 radical (unpaired) electrons. The molecule has 0 bridgehead atoms. The molecule has 0 rings (SSSR count). The second-order valence-electron chi connectivity index (χ2n) is 1.15. The van der Waals surface area contributed by atoms with Crippen LogP contribution in [0.1, 0.15) is 13.8 Å². The van der Waals surface area contributed by atoms with E-state index in [0.717, 1.165) is 4.22 Å². The first-order chi connectivity index (χ1) is 1.73. The van der Waals surface area contributed by atoms with Gasteiger partial charge in [0.1, 0.15) is 0 Å². The molecule has 4 heavy (non-hydrogen) atoms. The molecule has 0 N–H and O–H groups in total. The fourth-order valence-corrected chi connectivity index (χ4v) is 0. The summed E-state index contributed by atoms with van der Waals surface area (Å²) in [5.74, 6) is 0. The van der Waals surface area contributed by atoms with Gasteiger partial charge in [-0.25, -0.2) is 0 Å². The van der Waals surface area contributed by atoms with Gasteiger partial charge in [0.15, 0.2) is 0 Å². The molecule has 0 aromatic carbocycles. The van der Waals surface area contributed by atoms with Crippen LogP contribution in [0.15, 0.2) is 0 Å². The summed E-state index contributed by atoms with van der Waals surface area (Å²) >= 11 is 2.17. The Kier molecular flexibility index (Phi) is 2.34. The second-order valence-corrected chi connectivity index (χ2v) is 2.96. The van der Waals surface area contributed by atoms with Crippen molar-refractivity contribution in [2.75, 3.05) is 0 Å². The minimum atomic E-state index is 0.833. The topological polar surface area (TPSA) is 0 Å². The summed E-state index contributed by atoms with van der Waals surface area (Å²) < 4.78 is 0.833. The Labute approximate surface area is 39.0 Å². The van der Waals surface area contributed by atoms with Crippen molar-refractivity contribution in [1.29, 1.82) is 0 Å². The first-order valence-electron chi connectivity index (χ1n) is 1.44. The van der Waals surface area contributed by atoms with Gasteiger partial charge in [0, 0.05) is 0 Å². The molecule has 0 aromatic rings. The van der Waals surface area contributed by atoms with Crippen LogP contribution in [0.25, 0.3) is 0 Å². The predicted molar refractivity (Wildman–Crippen MR) is 15.1 cm³/mol. The molecule has 0 nitrogen and oxygen atoms in total. The summed E-state index contributed by atoms with van der Waals surface area (Å²) in [5, 5.41) is 0. The van der Waals surface area contributed by atoms with E-state index in [2.05, 4.69) is 34.3 Å². The summed E-state index contributed by atoms with van der Waals surface area (Å²) in [5.41, 5.74) is 0. The molecule has 0 saturated heterocycles. The van der Waals surface area contributed by atoms with Crippen LogP contribution in [0.4, 0.5) is 0 Å². The Hall–Kier alpha value is 0.714. The van der Waals surface area contributed by atoms with Crippen LogP contribution in [0.5, 0.6) is 0 Å². The van der Waals surface area contributed by atoms with Crippen molar-refractivity contribution in [3.63, 3.8) is 0 Å². The van der Waals surface area contributed by atoms with Gasteiger partial charge in [-0.3, -0.25) is 0 Å². The van der Waals surface area contributed by atoms with Gasteiger partial charge >= 0.3 is 38.5 Å². The van der Waals surface area contributed by atoms with Gasteiger partial charge in [0.2, 0.25) is 0 Å². The van der Waals surface area contributed by atoms with Crippen molar-refractivity contribution < 1.29 is 20.4 Å². The Morgan fingerprint density at radius 3 is 1.50 bits per heavy atom. The Morgan fingerprint density at radius 2 is 1.50 bits per heavy atom. The summed E-state index contributed by atoms with van der Waals surface area (Å²) in [4.78, 5) is 0. The third kappa shape index (κ3) is 15.6. The molecular weight excluding hydrogens is 40.0 g/mol. The van der Waals surface area contributed by atoms with Crippen LogP contribution in [0.3, 0.4) is 0 Å². The van der Waals surface area contributed by atoms with Crippen molar-refractivity contribution in [2.24, 2.45) is 0 Å². The predicted octanol–water partition coefficient (Wildman–Crippen LogP) is 1.36. The van der Waals surface area contributed by atoms with Gasteiger partial charge in [0.25, 0.3) is 0 Å². The molecule has 0 fully saturated rings. The zero-order valence-electron chi connectivity index (χ0n) is 3.08. The second kappa shape index (κ2) is 1.98. The summed E-state index contributed by atoms with van der Waals surface area (Å²) in [7, 11) is 0. The van der Waals surface area contributed by atoms with Gasteiger partial charge in [0.05, 0.1) is 0 Å². The van der Waals surface area contributed by atoms with E-state index < -0.39 is 0 Å². The summed E-state index contributed by atoms with van der Waals surface area (Å²) in [6.07, 6.45) is 0. The first-order valence-corrected chi connectivity index (χ1v) is 2.34. The third-order valence-corrected chi connectivity index (χ3v) is 0. The number of hydrogen-bond donors (Lipinski definition) is 0. The fourth-order valence-electron chi connectivity index (χ4n) is 0. The van der Waals surface area contributed by atoms with E-state index >= 15 is 0 Å². The van der Waals surface area contributed by atoms with Crippen molar-refractivity contribution in [2.45, 2.75) is 18.1 Å². The first kappa shape index (κ1) is 4.71. The maximum absolute atomic E-state index is 2.17. The van der Waals surface area contributed by atoms with Gasteiger partial charge in [-0.05, 0) is 0 Å². The SMILES string of the molecule is C[CH](C)[4Ti]. The van der Waals surface area contributed by atoms with E-state index in [1.807, 2.05) is 0 Å². The fraction of sp³-hybridized carbons (Fsp3) is 1.00. The van der Waals surface area contributed by atoms with Crippen LogP contribution in [0, 0.1) is 0 Å². The van der Waals surface area contributed by atoms with Crippen LogP contribution in [0.2, 0.25) is 4.22 Å². The normalized spacial score (nSPS) is 8.50. The Balaban J connectivity index is 2.32. The quantitative estimate of drug-likeness (QED) is 0.362. The molecule has 0 aromatic heterocycles. The molecule has 0 atom stereocenters. The molecule has 23 valence electrons. The van der Waals surface area contributed by atoms with Crippen LogP contribution < -0.4 is 0 Å². The van der Waals surface area contributed by atoms with Crippen LogP contribution in [-0.2, 0) is 20.4 Å². The zero-order valence-corrected chi connectivity index (χ0v) is 4.64. The van der Waals surface area contributed by atoms with Crippen molar-refractivity contribution in [3.8, 4) is 0 Å². The van der Waals surface area contributed by atoms with Crippen LogP contribution >= 0.6 is 0 Å². The third-order valence-electron chi connectivity index (χ3n) is 0. The van der Waals surface area contributed by atoms with Crippen molar-refractivity contribution >= 4 is 0 Å². The van der Waals surface area contributed by atoms with E-state index in [0.29, 0.717) is 0 Å². The van der Waals surface area contributed by atoms with Gasteiger partial charge in [-0.1, -0.05) is 0 Å². The monoisotopic (exact) mass is 47.1 g/mol.